The molecule has 0 radical (unpaired) electrons. The Labute approximate surface area is 81.3 Å². The summed E-state index contributed by atoms with van der Waals surface area (Å²) in [5.74, 6) is 0.405. The number of hydrogen-bond acceptors (Lipinski definition) is 2. The van der Waals surface area contributed by atoms with Crippen LogP contribution in [0.2, 0.25) is 0 Å². The fraction of sp³-hybridized carbons (Fsp3) is 0.909. The van der Waals surface area contributed by atoms with Gasteiger partial charge in [0.1, 0.15) is 5.78 Å². The van der Waals surface area contributed by atoms with E-state index in [0.717, 1.165) is 25.4 Å². The molecule has 0 aromatic heterocycles. The Hall–Kier alpha value is -0.370. The number of nitrogens with zero attached hydrogens (tertiary/aromatic N) is 1. The van der Waals surface area contributed by atoms with E-state index in [1.54, 1.807) is 0 Å². The summed E-state index contributed by atoms with van der Waals surface area (Å²) in [4.78, 5) is 13.4. The molecule has 2 nitrogen and oxygen atoms in total. The van der Waals surface area contributed by atoms with Crippen molar-refractivity contribution in [2.75, 3.05) is 13.6 Å². The molecule has 2 heteroatoms. The van der Waals surface area contributed by atoms with E-state index in [4.69, 9.17) is 0 Å². The molecule has 1 aliphatic carbocycles. The van der Waals surface area contributed by atoms with E-state index in [0.29, 0.717) is 12.2 Å². The molecule has 0 atom stereocenters. The van der Waals surface area contributed by atoms with Crippen molar-refractivity contribution in [3.05, 3.63) is 0 Å². The summed E-state index contributed by atoms with van der Waals surface area (Å²) < 4.78 is 0. The van der Waals surface area contributed by atoms with Crippen molar-refractivity contribution in [3.63, 3.8) is 0 Å². The zero-order chi connectivity index (χ0) is 9.68. The third-order valence-corrected chi connectivity index (χ3v) is 3.06. The normalized spacial score (nSPS) is 17.5. The second-order valence-electron chi connectivity index (χ2n) is 4.06. The van der Waals surface area contributed by atoms with E-state index in [1.807, 2.05) is 6.92 Å². The maximum Gasteiger partial charge on any atom is 0.132 e. The van der Waals surface area contributed by atoms with Crippen molar-refractivity contribution in [2.45, 2.75) is 51.5 Å². The lowest BCUT2D eigenvalue weighted by atomic mass is 9.92. The van der Waals surface area contributed by atoms with Gasteiger partial charge in [-0.05, 0) is 32.9 Å². The van der Waals surface area contributed by atoms with Gasteiger partial charge in [-0.25, -0.2) is 0 Å². The van der Waals surface area contributed by atoms with E-state index in [2.05, 4.69) is 11.9 Å². The van der Waals surface area contributed by atoms with Crippen molar-refractivity contribution in [2.24, 2.45) is 0 Å². The molecule has 0 heterocycles. The number of carbonyl (C=O) groups excluding carboxylic acids is 1. The first-order valence-electron chi connectivity index (χ1n) is 5.46. The van der Waals surface area contributed by atoms with Gasteiger partial charge in [0.15, 0.2) is 0 Å². The minimum Gasteiger partial charge on any atom is -0.303 e. The van der Waals surface area contributed by atoms with Crippen LogP contribution in [0.15, 0.2) is 0 Å². The average molecular weight is 183 g/mol. The molecule has 1 aliphatic rings. The van der Waals surface area contributed by atoms with Crippen LogP contribution in [-0.4, -0.2) is 30.3 Å². The van der Waals surface area contributed by atoms with Crippen LogP contribution in [0.3, 0.4) is 0 Å². The van der Waals surface area contributed by atoms with E-state index in [9.17, 15) is 4.79 Å². The summed E-state index contributed by atoms with van der Waals surface area (Å²) in [6, 6.07) is 0.816. The van der Waals surface area contributed by atoms with Gasteiger partial charge < -0.3 is 4.90 Å². The summed E-state index contributed by atoms with van der Waals surface area (Å²) in [5.41, 5.74) is 0. The highest BCUT2D eigenvalue weighted by Gasteiger charge is 2.21. The van der Waals surface area contributed by atoms with E-state index in [-0.39, 0.29) is 0 Å². The molecule has 1 fully saturated rings. The van der Waals surface area contributed by atoms with Gasteiger partial charge in [0, 0.05) is 18.9 Å². The molecule has 76 valence electrons. The maximum atomic E-state index is 11.0. The number of rotatable bonds is 6. The van der Waals surface area contributed by atoms with Gasteiger partial charge in [0.05, 0.1) is 0 Å². The summed E-state index contributed by atoms with van der Waals surface area (Å²) in [7, 11) is 2.18. The molecule has 0 bridgehead atoms. The topological polar surface area (TPSA) is 20.3 Å². The maximum absolute atomic E-state index is 11.0. The highest BCUT2D eigenvalue weighted by molar-refractivity contribution is 5.77. The number of Topliss-reactive ketones (excluding diaryl/α,β-unsaturated/α-hetero) is 1. The summed E-state index contributed by atoms with van der Waals surface area (Å²) >= 11 is 0. The molecule has 0 aromatic rings. The van der Waals surface area contributed by atoms with E-state index >= 15 is 0 Å². The van der Waals surface area contributed by atoms with Gasteiger partial charge in [-0.3, -0.25) is 4.79 Å². The van der Waals surface area contributed by atoms with E-state index in [1.165, 1.54) is 19.3 Å². The lowest BCUT2D eigenvalue weighted by molar-refractivity contribution is -0.118. The monoisotopic (exact) mass is 183 g/mol. The third-order valence-electron chi connectivity index (χ3n) is 3.06. The van der Waals surface area contributed by atoms with Crippen LogP contribution in [0.4, 0.5) is 0 Å². The Balaban J connectivity index is 2.01. The van der Waals surface area contributed by atoms with Crippen molar-refractivity contribution < 1.29 is 4.79 Å². The summed E-state index contributed by atoms with van der Waals surface area (Å²) in [5, 5.41) is 0. The minimum atomic E-state index is 0.405. The summed E-state index contributed by atoms with van der Waals surface area (Å²) in [6.45, 7) is 3.04. The second-order valence-corrected chi connectivity index (χ2v) is 4.06. The molecule has 0 aliphatic heterocycles. The van der Waals surface area contributed by atoms with Crippen molar-refractivity contribution >= 4 is 5.78 Å². The van der Waals surface area contributed by atoms with Gasteiger partial charge >= 0.3 is 0 Å². The first-order chi connectivity index (χ1) is 6.24. The molecular weight excluding hydrogens is 162 g/mol. The molecule has 1 saturated carbocycles. The standard InChI is InChI=1S/C11H21NO/c1-3-11(13)8-5-9-12(2)10-6-4-7-10/h10H,3-9H2,1-2H3. The highest BCUT2D eigenvalue weighted by atomic mass is 16.1. The van der Waals surface area contributed by atoms with Crippen LogP contribution in [0.25, 0.3) is 0 Å². The smallest absolute Gasteiger partial charge is 0.132 e. The first kappa shape index (κ1) is 10.7. The molecule has 0 saturated heterocycles. The van der Waals surface area contributed by atoms with Gasteiger partial charge in [0.2, 0.25) is 0 Å². The number of carbonyl (C=O) groups is 1. The molecule has 0 aromatic carbocycles. The van der Waals surface area contributed by atoms with Crippen LogP contribution >= 0.6 is 0 Å². The Morgan fingerprint density at radius 1 is 1.46 bits per heavy atom. The molecule has 13 heavy (non-hydrogen) atoms. The fourth-order valence-electron chi connectivity index (χ4n) is 1.71. The molecular formula is C11H21NO. The molecule has 0 amide bonds. The largest absolute Gasteiger partial charge is 0.303 e. The molecule has 1 rings (SSSR count). The Bertz CT molecular complexity index is 163. The third kappa shape index (κ3) is 3.47. The predicted molar refractivity (Wildman–Crippen MR) is 54.8 cm³/mol. The van der Waals surface area contributed by atoms with Crippen LogP contribution in [0.5, 0.6) is 0 Å². The lowest BCUT2D eigenvalue weighted by Gasteiger charge is -2.34. The average Bonchev–Trinajstić information content (AvgIpc) is 2.01. The first-order valence-corrected chi connectivity index (χ1v) is 5.46. The van der Waals surface area contributed by atoms with Crippen molar-refractivity contribution in [1.29, 1.82) is 0 Å². The van der Waals surface area contributed by atoms with Crippen LogP contribution < -0.4 is 0 Å². The zero-order valence-electron chi connectivity index (χ0n) is 8.88. The van der Waals surface area contributed by atoms with Crippen molar-refractivity contribution in [1.82, 2.24) is 4.90 Å². The number of hydrogen-bond donors (Lipinski definition) is 0. The lowest BCUT2D eigenvalue weighted by Crippen LogP contribution is -2.37. The molecule has 0 N–H and O–H groups in total. The van der Waals surface area contributed by atoms with Crippen molar-refractivity contribution in [3.8, 4) is 0 Å². The van der Waals surface area contributed by atoms with Gasteiger partial charge in [-0.1, -0.05) is 13.3 Å². The second kappa shape index (κ2) is 5.38. The highest BCUT2D eigenvalue weighted by Crippen LogP contribution is 2.23. The quantitative estimate of drug-likeness (QED) is 0.629. The van der Waals surface area contributed by atoms with Crippen LogP contribution in [0.1, 0.15) is 45.4 Å². The van der Waals surface area contributed by atoms with Crippen LogP contribution in [0, 0.1) is 0 Å². The molecule has 0 unspecified atom stereocenters. The van der Waals surface area contributed by atoms with E-state index < -0.39 is 0 Å². The fourth-order valence-corrected chi connectivity index (χ4v) is 1.71. The Morgan fingerprint density at radius 2 is 2.15 bits per heavy atom. The van der Waals surface area contributed by atoms with Gasteiger partial charge in [0.25, 0.3) is 0 Å². The summed E-state index contributed by atoms with van der Waals surface area (Å²) in [6.07, 6.45) is 6.62. The zero-order valence-corrected chi connectivity index (χ0v) is 8.88. The predicted octanol–water partition coefficient (Wildman–Crippen LogP) is 2.23. The van der Waals surface area contributed by atoms with Gasteiger partial charge in [-0.15, -0.1) is 0 Å². The van der Waals surface area contributed by atoms with Gasteiger partial charge in [-0.2, -0.15) is 0 Å². The Morgan fingerprint density at radius 3 is 2.62 bits per heavy atom. The number of ketones is 1. The van der Waals surface area contributed by atoms with Crippen LogP contribution in [-0.2, 0) is 4.79 Å². The SMILES string of the molecule is CCC(=O)CCCN(C)C1CCC1. The molecule has 0 spiro atoms. The Kier molecular flexibility index (Phi) is 4.43. The minimum absolute atomic E-state index is 0.405.